The van der Waals surface area contributed by atoms with E-state index >= 15 is 0 Å². The standard InChI is InChI=1S/C21H24ClN5O2.C3H6O2S/c1-3-8-28-19-20(27-18-7-6-13(23-2)11-17(18)22)24-12-25-21(19)29-16-9-14-4-5-15(10-16)26-14;4-6(5)3-1-2-3/h6-7,11-12,14-16,26H,3-5,8-10H2,1H3,(H,24,25,27);3H,1-2H2,(H,4,5)/p-1. The fourth-order valence-electron chi connectivity index (χ4n) is 4.19. The van der Waals surface area contributed by atoms with Gasteiger partial charge < -0.3 is 24.7 Å². The number of piperidine rings is 1. The molecule has 1 aliphatic carbocycles. The van der Waals surface area contributed by atoms with Gasteiger partial charge in [0.05, 0.1) is 23.9 Å². The Labute approximate surface area is 213 Å². The van der Waals surface area contributed by atoms with E-state index in [0.717, 1.165) is 32.1 Å². The summed E-state index contributed by atoms with van der Waals surface area (Å²) in [6.45, 7) is 9.68. The first-order valence-electron chi connectivity index (χ1n) is 11.9. The molecule has 35 heavy (non-hydrogen) atoms. The summed E-state index contributed by atoms with van der Waals surface area (Å²) in [6.07, 6.45) is 8.56. The summed E-state index contributed by atoms with van der Waals surface area (Å²) >= 11 is 4.56. The molecule has 188 valence electrons. The fourth-order valence-corrected chi connectivity index (χ4v) is 4.93. The average molecular weight is 519 g/mol. The van der Waals surface area contributed by atoms with E-state index in [-0.39, 0.29) is 11.4 Å². The summed E-state index contributed by atoms with van der Waals surface area (Å²) in [6, 6.07) is 6.13. The summed E-state index contributed by atoms with van der Waals surface area (Å²) < 4.78 is 31.8. The van der Waals surface area contributed by atoms with Gasteiger partial charge in [-0.2, -0.15) is 4.98 Å². The number of nitrogens with zero attached hydrogens (tertiary/aromatic N) is 3. The van der Waals surface area contributed by atoms with Crippen LogP contribution in [0.5, 0.6) is 11.6 Å². The van der Waals surface area contributed by atoms with Crippen molar-refractivity contribution in [2.75, 3.05) is 11.9 Å². The monoisotopic (exact) mass is 518 g/mol. The van der Waals surface area contributed by atoms with Gasteiger partial charge in [0.1, 0.15) is 12.4 Å². The number of benzene rings is 1. The second-order valence-corrected chi connectivity index (χ2v) is 10.5. The van der Waals surface area contributed by atoms with E-state index in [9.17, 15) is 8.76 Å². The van der Waals surface area contributed by atoms with Crippen LogP contribution in [-0.2, 0) is 11.1 Å². The van der Waals surface area contributed by atoms with E-state index < -0.39 is 11.1 Å². The predicted molar refractivity (Wildman–Crippen MR) is 134 cm³/mol. The van der Waals surface area contributed by atoms with Crippen molar-refractivity contribution in [3.63, 3.8) is 0 Å². The van der Waals surface area contributed by atoms with Gasteiger partial charge in [-0.1, -0.05) is 35.7 Å². The van der Waals surface area contributed by atoms with Gasteiger partial charge in [-0.15, -0.1) is 0 Å². The molecule has 1 aromatic heterocycles. The summed E-state index contributed by atoms with van der Waals surface area (Å²) in [5, 5.41) is 7.29. The van der Waals surface area contributed by atoms with Crippen LogP contribution in [-0.4, -0.2) is 48.8 Å². The predicted octanol–water partition coefficient (Wildman–Crippen LogP) is 4.90. The molecule has 2 bridgehead atoms. The fraction of sp³-hybridized carbons (Fsp3) is 0.542. The summed E-state index contributed by atoms with van der Waals surface area (Å²) in [5.41, 5.74) is 1.13. The molecule has 3 fully saturated rings. The molecule has 0 amide bonds. The third kappa shape index (κ3) is 7.04. The zero-order valence-electron chi connectivity index (χ0n) is 19.5. The van der Waals surface area contributed by atoms with Gasteiger partial charge in [0.2, 0.25) is 5.75 Å². The molecule has 3 heterocycles. The van der Waals surface area contributed by atoms with Crippen LogP contribution in [0.15, 0.2) is 24.5 Å². The molecule has 3 unspecified atom stereocenters. The molecule has 0 spiro atoms. The normalized spacial score (nSPS) is 23.4. The molecule has 2 aromatic rings. The molecule has 3 aliphatic rings. The van der Waals surface area contributed by atoms with Crippen molar-refractivity contribution in [3.8, 4) is 11.6 Å². The Bertz CT molecular complexity index is 1080. The Morgan fingerprint density at radius 2 is 2.00 bits per heavy atom. The van der Waals surface area contributed by atoms with Crippen molar-refractivity contribution in [3.05, 3.63) is 41.0 Å². The Kier molecular flexibility index (Phi) is 8.78. The zero-order chi connectivity index (χ0) is 24.8. The van der Waals surface area contributed by atoms with Crippen LogP contribution in [0.1, 0.15) is 51.9 Å². The van der Waals surface area contributed by atoms with Gasteiger partial charge in [-0.3, -0.25) is 4.21 Å². The van der Waals surface area contributed by atoms with E-state index in [1.165, 1.54) is 19.2 Å². The lowest BCUT2D eigenvalue weighted by Crippen LogP contribution is -2.42. The molecule has 1 aromatic carbocycles. The molecule has 9 nitrogen and oxygen atoms in total. The van der Waals surface area contributed by atoms with Crippen LogP contribution >= 0.6 is 11.6 Å². The number of fused-ring (bicyclic) bond motifs is 2. The van der Waals surface area contributed by atoms with Crippen molar-refractivity contribution < 1.29 is 18.2 Å². The lowest BCUT2D eigenvalue weighted by molar-refractivity contribution is 0.125. The molecule has 2 aliphatic heterocycles. The largest absolute Gasteiger partial charge is 0.772 e. The van der Waals surface area contributed by atoms with Crippen LogP contribution in [0.2, 0.25) is 5.02 Å². The maximum absolute atomic E-state index is 9.76. The first-order valence-corrected chi connectivity index (χ1v) is 13.4. The van der Waals surface area contributed by atoms with E-state index in [1.807, 2.05) is 6.92 Å². The Balaban J connectivity index is 0.000000421. The van der Waals surface area contributed by atoms with Crippen LogP contribution in [0.3, 0.4) is 0 Å². The van der Waals surface area contributed by atoms with Gasteiger partial charge in [-0.05, 0) is 57.1 Å². The average Bonchev–Trinajstić information content (AvgIpc) is 3.65. The van der Waals surface area contributed by atoms with Gasteiger partial charge in [0.15, 0.2) is 11.5 Å². The Hall–Kier alpha value is -2.45. The second-order valence-electron chi connectivity index (χ2n) is 8.91. The number of hydrogen-bond acceptors (Lipinski definition) is 8. The van der Waals surface area contributed by atoms with Crippen LogP contribution < -0.4 is 20.1 Å². The van der Waals surface area contributed by atoms with E-state index in [4.69, 9.17) is 27.6 Å². The highest BCUT2D eigenvalue weighted by molar-refractivity contribution is 7.80. The van der Waals surface area contributed by atoms with Crippen LogP contribution in [0, 0.1) is 6.57 Å². The molecule has 1 saturated carbocycles. The second kappa shape index (κ2) is 12.0. The van der Waals surface area contributed by atoms with Gasteiger partial charge in [0, 0.05) is 17.3 Å². The molecule has 5 rings (SSSR count). The van der Waals surface area contributed by atoms with Crippen molar-refractivity contribution in [2.24, 2.45) is 0 Å². The number of halogens is 1. The molecule has 0 radical (unpaired) electrons. The topological polar surface area (TPSA) is 113 Å². The highest BCUT2D eigenvalue weighted by Crippen LogP contribution is 2.38. The van der Waals surface area contributed by atoms with Crippen LogP contribution in [0.25, 0.3) is 4.85 Å². The minimum Gasteiger partial charge on any atom is -0.772 e. The molecule has 2 N–H and O–H groups in total. The maximum Gasteiger partial charge on any atom is 0.262 e. The van der Waals surface area contributed by atoms with Gasteiger partial charge in [-0.25, -0.2) is 9.83 Å². The SMILES string of the molecule is O=S([O-])C1CC1.[C-]#[N+]c1ccc(Nc2ncnc(OC3CC4CCC(C3)N4)c2OCCC)c(Cl)c1. The number of hydrogen-bond donors (Lipinski definition) is 2. The highest BCUT2D eigenvalue weighted by atomic mass is 35.5. The first-order chi connectivity index (χ1) is 17.0. The lowest BCUT2D eigenvalue weighted by atomic mass is 10.0. The van der Waals surface area contributed by atoms with E-state index in [0.29, 0.717) is 52.5 Å². The highest BCUT2D eigenvalue weighted by Gasteiger charge is 2.35. The molecule has 3 atom stereocenters. The number of aromatic nitrogens is 2. The summed E-state index contributed by atoms with van der Waals surface area (Å²) in [7, 11) is 0. The van der Waals surface area contributed by atoms with Crippen molar-refractivity contribution in [2.45, 2.75) is 75.3 Å². The zero-order valence-corrected chi connectivity index (χ0v) is 21.1. The number of nitrogens with one attached hydrogen (secondary N) is 2. The summed E-state index contributed by atoms with van der Waals surface area (Å²) in [4.78, 5) is 12.1. The van der Waals surface area contributed by atoms with E-state index in [1.54, 1.807) is 18.2 Å². The number of ether oxygens (including phenoxy) is 2. The van der Waals surface area contributed by atoms with Crippen molar-refractivity contribution in [1.29, 1.82) is 0 Å². The van der Waals surface area contributed by atoms with Gasteiger partial charge in [0.25, 0.3) is 5.88 Å². The van der Waals surface area contributed by atoms with Crippen molar-refractivity contribution >= 4 is 39.9 Å². The number of anilines is 2. The molecular weight excluding hydrogens is 490 g/mol. The van der Waals surface area contributed by atoms with Gasteiger partial charge >= 0.3 is 0 Å². The minimum absolute atomic E-state index is 0.0185. The summed E-state index contributed by atoms with van der Waals surface area (Å²) in [5.74, 6) is 1.44. The van der Waals surface area contributed by atoms with Crippen LogP contribution in [0.4, 0.5) is 17.2 Å². The smallest absolute Gasteiger partial charge is 0.262 e. The maximum atomic E-state index is 9.76. The lowest BCUT2D eigenvalue weighted by Gasteiger charge is -2.29. The van der Waals surface area contributed by atoms with Crippen molar-refractivity contribution in [1.82, 2.24) is 15.3 Å². The molecular formula is C24H29ClN5O4S-. The first kappa shape index (κ1) is 25.6. The quantitative estimate of drug-likeness (QED) is 0.374. The Morgan fingerprint density at radius 3 is 2.57 bits per heavy atom. The minimum atomic E-state index is -1.76. The van der Waals surface area contributed by atoms with E-state index in [2.05, 4.69) is 25.4 Å². The Morgan fingerprint density at radius 1 is 1.26 bits per heavy atom. The number of rotatable bonds is 8. The third-order valence-corrected chi connectivity index (χ3v) is 7.39. The molecule has 2 saturated heterocycles. The molecule has 11 heteroatoms. The third-order valence-electron chi connectivity index (χ3n) is 6.06.